The maximum Gasteiger partial charge on any atom is 0.261 e. The Kier molecular flexibility index (Phi) is 4.49. The van der Waals surface area contributed by atoms with Crippen LogP contribution in [0, 0.1) is 0 Å². The van der Waals surface area contributed by atoms with Crippen molar-refractivity contribution in [2.24, 2.45) is 0 Å². The van der Waals surface area contributed by atoms with Crippen molar-refractivity contribution in [2.45, 2.75) is 13.0 Å². The summed E-state index contributed by atoms with van der Waals surface area (Å²) < 4.78 is 3.34. The maximum atomic E-state index is 12.4. The van der Waals surface area contributed by atoms with Gasteiger partial charge in [-0.2, -0.15) is 0 Å². The van der Waals surface area contributed by atoms with Crippen LogP contribution in [0.4, 0.5) is 5.69 Å². The molecule has 0 saturated heterocycles. The Balaban J connectivity index is 1.40. The number of anilines is 1. The van der Waals surface area contributed by atoms with E-state index in [1.165, 1.54) is 10.9 Å². The molecule has 2 aromatic carbocycles. The minimum Gasteiger partial charge on any atom is -0.326 e. The zero-order chi connectivity index (χ0) is 18.6. The summed E-state index contributed by atoms with van der Waals surface area (Å²) in [6, 6.07) is 14.6. The average Bonchev–Trinajstić information content (AvgIpc) is 3.23. The molecule has 1 amide bonds. The molecular weight excluding hydrogens is 342 g/mol. The first kappa shape index (κ1) is 16.7. The topological polar surface area (TPSA) is 81.8 Å². The molecule has 4 aromatic rings. The highest BCUT2D eigenvalue weighted by Crippen LogP contribution is 2.13. The molecule has 0 aliphatic heterocycles. The molecule has 4 rings (SSSR count). The molecule has 0 aliphatic carbocycles. The second-order valence-electron chi connectivity index (χ2n) is 6.08. The average molecular weight is 359 g/mol. The lowest BCUT2D eigenvalue weighted by molar-refractivity contribution is -0.116. The minimum absolute atomic E-state index is 0.141. The molecule has 7 heteroatoms. The Morgan fingerprint density at radius 1 is 1.04 bits per heavy atom. The van der Waals surface area contributed by atoms with Gasteiger partial charge in [0.05, 0.1) is 23.6 Å². The third-order valence-electron chi connectivity index (χ3n) is 4.26. The summed E-state index contributed by atoms with van der Waals surface area (Å²) in [4.78, 5) is 32.9. The second-order valence-corrected chi connectivity index (χ2v) is 6.08. The van der Waals surface area contributed by atoms with Gasteiger partial charge in [0.1, 0.15) is 0 Å². The van der Waals surface area contributed by atoms with Crippen LogP contribution < -0.4 is 10.9 Å². The fourth-order valence-corrected chi connectivity index (χ4v) is 2.84. The predicted octanol–water partition coefficient (Wildman–Crippen LogP) is 2.61. The summed E-state index contributed by atoms with van der Waals surface area (Å²) in [6.45, 7) is 0.273. The van der Waals surface area contributed by atoms with Crippen LogP contribution >= 0.6 is 0 Å². The van der Waals surface area contributed by atoms with Crippen LogP contribution in [0.5, 0.6) is 0 Å². The molecule has 2 aromatic heterocycles. The first-order valence-corrected chi connectivity index (χ1v) is 8.53. The van der Waals surface area contributed by atoms with Crippen LogP contribution in [-0.4, -0.2) is 25.0 Å². The van der Waals surface area contributed by atoms with Gasteiger partial charge in [-0.15, -0.1) is 0 Å². The number of fused-ring (bicyclic) bond motifs is 1. The van der Waals surface area contributed by atoms with E-state index in [0.29, 0.717) is 16.6 Å². The number of rotatable bonds is 5. The number of nitrogens with zero attached hydrogens (tertiary/aromatic N) is 4. The summed E-state index contributed by atoms with van der Waals surface area (Å²) >= 11 is 0. The number of nitrogens with one attached hydrogen (secondary N) is 1. The van der Waals surface area contributed by atoms with Crippen molar-refractivity contribution in [1.29, 1.82) is 0 Å². The number of benzene rings is 2. The number of amides is 1. The first-order chi connectivity index (χ1) is 13.2. The maximum absolute atomic E-state index is 12.4. The molecular formula is C20H17N5O2. The summed E-state index contributed by atoms with van der Waals surface area (Å²) in [6.07, 6.45) is 6.94. The van der Waals surface area contributed by atoms with Crippen molar-refractivity contribution >= 4 is 22.5 Å². The molecule has 0 radical (unpaired) electrons. The Hall–Kier alpha value is -3.74. The second kappa shape index (κ2) is 7.25. The van der Waals surface area contributed by atoms with Gasteiger partial charge in [0.25, 0.3) is 5.56 Å². The number of hydrogen-bond acceptors (Lipinski definition) is 4. The molecule has 7 nitrogen and oxygen atoms in total. The molecule has 0 unspecified atom stereocenters. The van der Waals surface area contributed by atoms with E-state index in [4.69, 9.17) is 0 Å². The number of carbonyl (C=O) groups is 1. The molecule has 2 heterocycles. The van der Waals surface area contributed by atoms with Crippen LogP contribution in [0.2, 0.25) is 0 Å². The van der Waals surface area contributed by atoms with Crippen LogP contribution in [0.25, 0.3) is 16.6 Å². The molecule has 0 bridgehead atoms. The van der Waals surface area contributed by atoms with E-state index >= 15 is 0 Å². The predicted molar refractivity (Wildman–Crippen MR) is 103 cm³/mol. The van der Waals surface area contributed by atoms with E-state index < -0.39 is 0 Å². The van der Waals surface area contributed by atoms with Crippen molar-refractivity contribution < 1.29 is 4.79 Å². The largest absolute Gasteiger partial charge is 0.326 e. The minimum atomic E-state index is -0.162. The van der Waals surface area contributed by atoms with Crippen LogP contribution in [-0.2, 0) is 11.3 Å². The van der Waals surface area contributed by atoms with E-state index in [1.54, 1.807) is 30.7 Å². The monoisotopic (exact) mass is 359 g/mol. The molecule has 0 spiro atoms. The molecule has 27 heavy (non-hydrogen) atoms. The van der Waals surface area contributed by atoms with Gasteiger partial charge in [-0.3, -0.25) is 14.2 Å². The van der Waals surface area contributed by atoms with E-state index in [9.17, 15) is 9.59 Å². The van der Waals surface area contributed by atoms with Gasteiger partial charge in [0.2, 0.25) is 5.91 Å². The highest BCUT2D eigenvalue weighted by Gasteiger charge is 2.07. The molecule has 134 valence electrons. The number of carbonyl (C=O) groups excluding carboxylic acids is 1. The molecule has 0 aliphatic rings. The lowest BCUT2D eigenvalue weighted by Gasteiger charge is -2.09. The Morgan fingerprint density at radius 3 is 2.63 bits per heavy atom. The van der Waals surface area contributed by atoms with Crippen molar-refractivity contribution in [2.75, 3.05) is 5.32 Å². The number of hydrogen-bond donors (Lipinski definition) is 1. The zero-order valence-corrected chi connectivity index (χ0v) is 14.4. The van der Waals surface area contributed by atoms with Crippen molar-refractivity contribution in [3.05, 3.63) is 83.9 Å². The zero-order valence-electron chi connectivity index (χ0n) is 14.4. The molecule has 1 N–H and O–H groups in total. The molecule has 0 fully saturated rings. The summed E-state index contributed by atoms with van der Waals surface area (Å²) in [7, 11) is 0. The van der Waals surface area contributed by atoms with Crippen molar-refractivity contribution in [3.63, 3.8) is 0 Å². The Bertz CT molecular complexity index is 1130. The van der Waals surface area contributed by atoms with E-state index in [2.05, 4.69) is 15.3 Å². The van der Waals surface area contributed by atoms with E-state index in [1.807, 2.05) is 41.1 Å². The van der Waals surface area contributed by atoms with Crippen molar-refractivity contribution in [1.82, 2.24) is 19.1 Å². The number of aromatic nitrogens is 4. The third kappa shape index (κ3) is 3.62. The smallest absolute Gasteiger partial charge is 0.261 e. The van der Waals surface area contributed by atoms with Crippen LogP contribution in [0.1, 0.15) is 6.42 Å². The van der Waals surface area contributed by atoms with Gasteiger partial charge in [-0.05, 0) is 36.4 Å². The Morgan fingerprint density at radius 2 is 1.85 bits per heavy atom. The van der Waals surface area contributed by atoms with Gasteiger partial charge in [0.15, 0.2) is 0 Å². The Labute approximate surface area is 154 Å². The number of para-hydroxylation sites is 1. The summed E-state index contributed by atoms with van der Waals surface area (Å²) in [5.74, 6) is -0.162. The van der Waals surface area contributed by atoms with Gasteiger partial charge in [-0.25, -0.2) is 9.97 Å². The van der Waals surface area contributed by atoms with Gasteiger partial charge < -0.3 is 9.88 Å². The standard InChI is InChI=1S/C20H17N5O2/c26-19(23-15-5-7-16(8-6-15)24-12-10-21-13-24)9-11-25-14-22-18-4-2-1-3-17(18)20(25)27/h1-8,10,12-14H,9,11H2,(H,23,26). The normalized spacial score (nSPS) is 10.8. The highest BCUT2D eigenvalue weighted by molar-refractivity contribution is 5.90. The SMILES string of the molecule is O=C(CCn1cnc2ccccc2c1=O)Nc1ccc(-n2ccnc2)cc1. The summed E-state index contributed by atoms with van der Waals surface area (Å²) in [5, 5.41) is 3.39. The van der Waals surface area contributed by atoms with Gasteiger partial charge in [-0.1, -0.05) is 12.1 Å². The summed E-state index contributed by atoms with van der Waals surface area (Å²) in [5.41, 5.74) is 2.17. The molecule has 0 saturated carbocycles. The van der Waals surface area contributed by atoms with E-state index in [0.717, 1.165) is 5.69 Å². The quantitative estimate of drug-likeness (QED) is 0.594. The highest BCUT2D eigenvalue weighted by atomic mass is 16.1. The fourth-order valence-electron chi connectivity index (χ4n) is 2.84. The fraction of sp³-hybridized carbons (Fsp3) is 0.100. The number of imidazole rings is 1. The van der Waals surface area contributed by atoms with E-state index in [-0.39, 0.29) is 24.4 Å². The lowest BCUT2D eigenvalue weighted by atomic mass is 10.2. The molecule has 0 atom stereocenters. The van der Waals surface area contributed by atoms with Crippen molar-refractivity contribution in [3.8, 4) is 5.69 Å². The van der Waals surface area contributed by atoms with Gasteiger partial charge >= 0.3 is 0 Å². The number of aryl methyl sites for hydroxylation is 1. The van der Waals surface area contributed by atoms with Crippen LogP contribution in [0.15, 0.2) is 78.4 Å². The third-order valence-corrected chi connectivity index (χ3v) is 4.26. The lowest BCUT2D eigenvalue weighted by Crippen LogP contribution is -2.23. The van der Waals surface area contributed by atoms with Crippen LogP contribution in [0.3, 0.4) is 0 Å². The van der Waals surface area contributed by atoms with Gasteiger partial charge in [0, 0.05) is 36.7 Å². The first-order valence-electron chi connectivity index (χ1n) is 8.53.